The molecule has 2 aliphatic rings. The Hall–Kier alpha value is -1.86. The summed E-state index contributed by atoms with van der Waals surface area (Å²) >= 11 is 0. The number of non-ortho nitro benzene ring substituents is 1. The van der Waals surface area contributed by atoms with E-state index in [1.807, 2.05) is 4.90 Å². The number of anilines is 1. The predicted octanol–water partition coefficient (Wildman–Crippen LogP) is 1.82. The molecule has 0 unspecified atom stereocenters. The van der Waals surface area contributed by atoms with Crippen LogP contribution in [0, 0.1) is 10.1 Å². The molecular formula is C17H26N4O3. The number of benzene rings is 1. The van der Waals surface area contributed by atoms with Gasteiger partial charge in [-0.2, -0.15) is 0 Å². The van der Waals surface area contributed by atoms with Crippen molar-refractivity contribution in [2.45, 2.75) is 18.9 Å². The average Bonchev–Trinajstić information content (AvgIpc) is 2.66. The summed E-state index contributed by atoms with van der Waals surface area (Å²) in [6, 6.07) is 4.36. The lowest BCUT2D eigenvalue weighted by Gasteiger charge is -2.42. The Kier molecular flexibility index (Phi) is 3.34. The first-order valence-electron chi connectivity index (χ1n) is 11.2. The molecule has 24 heavy (non-hydrogen) atoms. The van der Waals surface area contributed by atoms with Gasteiger partial charge in [-0.25, -0.2) is 0 Å². The molecule has 2 fully saturated rings. The minimum Gasteiger partial charge on any atom is -0.494 e. The topological polar surface area (TPSA) is 62.1 Å². The van der Waals surface area contributed by atoms with Crippen LogP contribution in [0.1, 0.15) is 21.1 Å². The highest BCUT2D eigenvalue weighted by atomic mass is 16.6. The van der Waals surface area contributed by atoms with Crippen molar-refractivity contribution in [2.24, 2.45) is 0 Å². The maximum Gasteiger partial charge on any atom is 0.273 e. The fourth-order valence-electron chi connectivity index (χ4n) is 3.52. The smallest absolute Gasteiger partial charge is 0.273 e. The van der Waals surface area contributed by atoms with Crippen molar-refractivity contribution in [3.05, 3.63) is 28.3 Å². The van der Waals surface area contributed by atoms with Crippen molar-refractivity contribution < 1.29 is 17.9 Å². The number of piperidine rings is 1. The van der Waals surface area contributed by atoms with Gasteiger partial charge in [0.25, 0.3) is 5.69 Å². The van der Waals surface area contributed by atoms with Crippen LogP contribution in [-0.4, -0.2) is 74.0 Å². The zero-order chi connectivity index (χ0) is 22.1. The lowest BCUT2D eigenvalue weighted by atomic mass is 10.0. The molecule has 0 bridgehead atoms. The summed E-state index contributed by atoms with van der Waals surface area (Å²) in [7, 11) is -2.70. The van der Waals surface area contributed by atoms with Crippen molar-refractivity contribution in [3.8, 4) is 5.75 Å². The summed E-state index contributed by atoms with van der Waals surface area (Å²) in [5.41, 5.74) is 0.308. The quantitative estimate of drug-likeness (QED) is 0.615. The number of ether oxygens (including phenoxy) is 1. The Labute approximate surface area is 151 Å². The van der Waals surface area contributed by atoms with Crippen LogP contribution < -0.4 is 9.64 Å². The van der Waals surface area contributed by atoms with E-state index in [4.69, 9.17) is 13.0 Å². The van der Waals surface area contributed by atoms with Gasteiger partial charge in [0.05, 0.1) is 27.8 Å². The Morgan fingerprint density at radius 2 is 1.96 bits per heavy atom. The van der Waals surface area contributed by atoms with Crippen molar-refractivity contribution in [1.29, 1.82) is 0 Å². The molecule has 2 aliphatic heterocycles. The zero-order valence-electron chi connectivity index (χ0n) is 19.5. The highest BCUT2D eigenvalue weighted by Gasteiger charge is 2.28. The van der Waals surface area contributed by atoms with E-state index in [1.54, 1.807) is 0 Å². The zero-order valence-corrected chi connectivity index (χ0v) is 13.5. The lowest BCUT2D eigenvalue weighted by molar-refractivity contribution is -0.384. The third kappa shape index (κ3) is 3.62. The van der Waals surface area contributed by atoms with Crippen LogP contribution in [0.5, 0.6) is 5.75 Å². The van der Waals surface area contributed by atoms with E-state index in [0.717, 1.165) is 18.9 Å². The number of nitro groups is 1. The molecule has 132 valence electrons. The molecule has 2 saturated heterocycles. The fraction of sp³-hybridized carbons (Fsp3) is 0.647. The second-order valence-electron chi connectivity index (χ2n) is 6.25. The predicted molar refractivity (Wildman–Crippen MR) is 94.0 cm³/mol. The van der Waals surface area contributed by atoms with Gasteiger partial charge >= 0.3 is 0 Å². The molecule has 2 heterocycles. The highest BCUT2D eigenvalue weighted by molar-refractivity contribution is 5.62. The minimum atomic E-state index is -2.70. The van der Waals surface area contributed by atoms with E-state index >= 15 is 0 Å². The largest absolute Gasteiger partial charge is 0.494 e. The molecule has 0 spiro atoms. The van der Waals surface area contributed by atoms with E-state index < -0.39 is 18.9 Å². The van der Waals surface area contributed by atoms with Crippen molar-refractivity contribution in [1.82, 2.24) is 9.80 Å². The summed E-state index contributed by atoms with van der Waals surface area (Å²) in [5.74, 6) is -0.0195. The fourth-order valence-corrected chi connectivity index (χ4v) is 3.52. The molecule has 0 aliphatic carbocycles. The van der Waals surface area contributed by atoms with Gasteiger partial charge in [0, 0.05) is 55.5 Å². The van der Waals surface area contributed by atoms with E-state index in [2.05, 4.69) is 4.90 Å². The molecule has 7 heteroatoms. The Balaban J connectivity index is 1.64. The van der Waals surface area contributed by atoms with Crippen LogP contribution in [0.15, 0.2) is 18.2 Å². The lowest BCUT2D eigenvalue weighted by Crippen LogP contribution is -2.52. The maximum atomic E-state index is 11.1. The van der Waals surface area contributed by atoms with Crippen molar-refractivity contribution >= 4 is 11.4 Å². The molecule has 0 amide bonds. The van der Waals surface area contributed by atoms with Gasteiger partial charge in [0.2, 0.25) is 0 Å². The van der Waals surface area contributed by atoms with Gasteiger partial charge in [0.15, 0.2) is 0 Å². The summed E-state index contributed by atoms with van der Waals surface area (Å²) in [6.07, 6.45) is 1.66. The number of rotatable bonds is 4. The Morgan fingerprint density at radius 1 is 1.21 bits per heavy atom. The van der Waals surface area contributed by atoms with Crippen LogP contribution in [0.25, 0.3) is 0 Å². The summed E-state index contributed by atoms with van der Waals surface area (Å²) in [6.45, 7) is 1.68. The van der Waals surface area contributed by atoms with Crippen LogP contribution in [0.3, 0.4) is 0 Å². The van der Waals surface area contributed by atoms with Gasteiger partial charge in [-0.05, 0) is 25.9 Å². The second kappa shape index (κ2) is 7.36. The van der Waals surface area contributed by atoms with Crippen LogP contribution in [0.4, 0.5) is 11.4 Å². The Morgan fingerprint density at radius 3 is 2.58 bits per heavy atom. The third-order valence-corrected chi connectivity index (χ3v) is 4.90. The van der Waals surface area contributed by atoms with Gasteiger partial charge in [-0.15, -0.1) is 0 Å². The molecule has 0 radical (unpaired) electrons. The monoisotopic (exact) mass is 340 g/mol. The third-order valence-electron chi connectivity index (χ3n) is 4.90. The molecule has 0 aromatic heterocycles. The number of piperazine rings is 1. The van der Waals surface area contributed by atoms with Crippen molar-refractivity contribution in [3.63, 3.8) is 0 Å². The number of hydrogen-bond acceptors (Lipinski definition) is 6. The average molecular weight is 340 g/mol. The molecule has 1 aromatic rings. The number of likely N-dealkylation sites (N-methyl/N-ethyl adjacent to an activating group) is 1. The number of nitrogens with zero attached hydrogens (tertiary/aromatic N) is 4. The van der Waals surface area contributed by atoms with Crippen LogP contribution in [-0.2, 0) is 0 Å². The second-order valence-corrected chi connectivity index (χ2v) is 6.25. The number of hydrogen-bond donors (Lipinski definition) is 0. The molecule has 7 nitrogen and oxygen atoms in total. The molecule has 1 aromatic carbocycles. The van der Waals surface area contributed by atoms with Gasteiger partial charge < -0.3 is 14.5 Å². The molecule has 0 saturated carbocycles. The highest BCUT2D eigenvalue weighted by Crippen LogP contribution is 2.34. The molecule has 0 atom stereocenters. The van der Waals surface area contributed by atoms with E-state index in [9.17, 15) is 10.1 Å². The van der Waals surface area contributed by atoms with Gasteiger partial charge in [-0.1, -0.05) is 0 Å². The van der Waals surface area contributed by atoms with Crippen molar-refractivity contribution in [2.75, 3.05) is 58.2 Å². The summed E-state index contributed by atoms with van der Waals surface area (Å²) in [4.78, 5) is 16.3. The van der Waals surface area contributed by atoms with E-state index in [1.165, 1.54) is 17.0 Å². The maximum absolute atomic E-state index is 11.1. The first-order chi connectivity index (χ1) is 13.9. The van der Waals surface area contributed by atoms with Crippen LogP contribution in [0.2, 0.25) is 0 Å². The van der Waals surface area contributed by atoms with Gasteiger partial charge in [0.1, 0.15) is 5.75 Å². The summed E-state index contributed by atoms with van der Waals surface area (Å²) in [5, 5.41) is 11.1. The minimum absolute atomic E-state index is 0.0195. The summed E-state index contributed by atoms with van der Waals surface area (Å²) < 4.78 is 49.7. The van der Waals surface area contributed by atoms with Gasteiger partial charge in [-0.3, -0.25) is 15.0 Å². The standard InChI is InChI=1S/C17H26N4O3/c1-18-9-11-19(12-10-18)14-5-7-20(8-6-14)16-4-3-15(21(22)23)13-17(16)24-2/h3-4,13-14H,5-12H2,1-2H3/i1D3,2D3. The normalized spacial score (nSPS) is 25.8. The Bertz CT molecular complexity index is 757. The number of nitro benzene ring substituents is 1. The first kappa shape index (κ1) is 10.9. The first-order valence-corrected chi connectivity index (χ1v) is 8.15. The molecular weight excluding hydrogens is 308 g/mol. The SMILES string of the molecule is [2H]C([2H])([2H])Oc1cc([N+](=O)[O-])ccc1N1CCC(N2CCN(C([2H])([2H])[2H])CC2)CC1. The van der Waals surface area contributed by atoms with Crippen LogP contribution >= 0.6 is 0 Å². The van der Waals surface area contributed by atoms with E-state index in [-0.39, 0.29) is 11.4 Å². The molecule has 3 rings (SSSR count). The molecule has 0 N–H and O–H groups in total. The number of methoxy groups -OCH3 is 1. The van der Waals surface area contributed by atoms with E-state index in [0.29, 0.717) is 51.0 Å².